The van der Waals surface area contributed by atoms with E-state index < -0.39 is 23.2 Å². The van der Waals surface area contributed by atoms with Gasteiger partial charge in [-0.2, -0.15) is 0 Å². The van der Waals surface area contributed by atoms with Crippen molar-refractivity contribution in [2.24, 2.45) is 5.73 Å². The molecule has 0 aliphatic heterocycles. The zero-order valence-corrected chi connectivity index (χ0v) is 10.2. The quantitative estimate of drug-likeness (QED) is 0.598. The summed E-state index contributed by atoms with van der Waals surface area (Å²) < 4.78 is 26.6. The normalized spacial score (nSPS) is 13.5. The standard InChI is InChI=1S/C7H12BNO5S2/c1-16(12,13)4-5(9)6-2-3-7(15-6)14-8(10)11/h2-3,5,10-11H,4,9H2,1H3. The van der Waals surface area contributed by atoms with Gasteiger partial charge >= 0.3 is 7.32 Å². The molecule has 1 aromatic rings. The lowest BCUT2D eigenvalue weighted by Crippen LogP contribution is -2.20. The van der Waals surface area contributed by atoms with Crippen LogP contribution in [-0.4, -0.2) is 37.8 Å². The largest absolute Gasteiger partial charge is 0.708 e. The molecule has 90 valence electrons. The van der Waals surface area contributed by atoms with Gasteiger partial charge in [0.25, 0.3) is 0 Å². The molecule has 1 unspecified atom stereocenters. The Morgan fingerprint density at radius 2 is 2.19 bits per heavy atom. The molecular weight excluding hydrogens is 253 g/mol. The average Bonchev–Trinajstić information content (AvgIpc) is 2.48. The van der Waals surface area contributed by atoms with Gasteiger partial charge in [-0.25, -0.2) is 8.42 Å². The van der Waals surface area contributed by atoms with E-state index in [-0.39, 0.29) is 10.8 Å². The van der Waals surface area contributed by atoms with Crippen LogP contribution in [0.5, 0.6) is 5.06 Å². The van der Waals surface area contributed by atoms with Crippen LogP contribution in [0.4, 0.5) is 0 Å². The zero-order valence-electron chi connectivity index (χ0n) is 8.53. The second-order valence-electron chi connectivity index (χ2n) is 3.30. The predicted octanol–water partition coefficient (Wildman–Crippen LogP) is -0.859. The van der Waals surface area contributed by atoms with Crippen molar-refractivity contribution in [2.45, 2.75) is 6.04 Å². The molecule has 6 nitrogen and oxygen atoms in total. The summed E-state index contributed by atoms with van der Waals surface area (Å²) in [5.74, 6) is -0.158. The fraction of sp³-hybridized carbons (Fsp3) is 0.429. The van der Waals surface area contributed by atoms with Gasteiger partial charge < -0.3 is 20.4 Å². The van der Waals surface area contributed by atoms with Gasteiger partial charge in [-0.1, -0.05) is 0 Å². The van der Waals surface area contributed by atoms with Crippen molar-refractivity contribution in [3.05, 3.63) is 17.0 Å². The summed E-state index contributed by atoms with van der Waals surface area (Å²) in [6, 6.07) is 2.47. The molecule has 16 heavy (non-hydrogen) atoms. The third kappa shape index (κ3) is 4.50. The number of hydrogen-bond acceptors (Lipinski definition) is 7. The van der Waals surface area contributed by atoms with Crippen molar-refractivity contribution in [3.8, 4) is 5.06 Å². The molecule has 1 heterocycles. The van der Waals surface area contributed by atoms with Gasteiger partial charge in [0, 0.05) is 11.1 Å². The monoisotopic (exact) mass is 265 g/mol. The Morgan fingerprint density at radius 3 is 2.69 bits per heavy atom. The van der Waals surface area contributed by atoms with Crippen molar-refractivity contribution in [2.75, 3.05) is 12.0 Å². The van der Waals surface area contributed by atoms with E-state index in [1.807, 2.05) is 0 Å². The summed E-state index contributed by atoms with van der Waals surface area (Å²) >= 11 is 1.08. The number of sulfone groups is 1. The Kier molecular flexibility index (Phi) is 4.33. The molecule has 1 rings (SSSR count). The first-order chi connectivity index (χ1) is 7.28. The molecule has 1 atom stereocenters. The minimum absolute atomic E-state index is 0.158. The highest BCUT2D eigenvalue weighted by atomic mass is 32.2. The van der Waals surface area contributed by atoms with E-state index in [1.165, 1.54) is 6.07 Å². The first-order valence-corrected chi connectivity index (χ1v) is 7.21. The summed E-state index contributed by atoms with van der Waals surface area (Å²) in [6.45, 7) is 0. The van der Waals surface area contributed by atoms with Crippen LogP contribution < -0.4 is 10.4 Å². The highest BCUT2D eigenvalue weighted by Gasteiger charge is 2.17. The van der Waals surface area contributed by atoms with E-state index in [9.17, 15) is 8.42 Å². The smallest absolute Gasteiger partial charge is 0.504 e. The van der Waals surface area contributed by atoms with Crippen molar-refractivity contribution in [1.82, 2.24) is 0 Å². The van der Waals surface area contributed by atoms with E-state index in [4.69, 9.17) is 15.8 Å². The number of rotatable bonds is 5. The second-order valence-corrected chi connectivity index (χ2v) is 6.56. The summed E-state index contributed by atoms with van der Waals surface area (Å²) in [5.41, 5.74) is 5.68. The Labute approximate surface area is 97.8 Å². The van der Waals surface area contributed by atoms with Crippen molar-refractivity contribution in [3.63, 3.8) is 0 Å². The van der Waals surface area contributed by atoms with Gasteiger partial charge in [-0.05, 0) is 12.1 Å². The molecule has 0 aromatic carbocycles. The molecule has 0 saturated carbocycles. The highest BCUT2D eigenvalue weighted by molar-refractivity contribution is 7.90. The lowest BCUT2D eigenvalue weighted by molar-refractivity contribution is 0.291. The van der Waals surface area contributed by atoms with E-state index in [0.717, 1.165) is 17.6 Å². The lowest BCUT2D eigenvalue weighted by Gasteiger charge is -2.07. The van der Waals surface area contributed by atoms with Crippen LogP contribution >= 0.6 is 11.3 Å². The van der Waals surface area contributed by atoms with Crippen molar-refractivity contribution >= 4 is 28.5 Å². The van der Waals surface area contributed by atoms with Crippen LogP contribution in [-0.2, 0) is 9.84 Å². The first kappa shape index (κ1) is 13.5. The van der Waals surface area contributed by atoms with Crippen molar-refractivity contribution < 1.29 is 23.1 Å². The number of thiophene rings is 1. The molecular formula is C7H12BNO5S2. The summed E-state index contributed by atoms with van der Waals surface area (Å²) in [5, 5.41) is 17.4. The van der Waals surface area contributed by atoms with Gasteiger partial charge in [-0.3, -0.25) is 0 Å². The second kappa shape index (κ2) is 5.15. The van der Waals surface area contributed by atoms with Crippen LogP contribution in [0.3, 0.4) is 0 Å². The maximum atomic E-state index is 11.0. The molecule has 0 spiro atoms. The maximum Gasteiger partial charge on any atom is 0.708 e. The molecule has 0 bridgehead atoms. The zero-order chi connectivity index (χ0) is 12.3. The fourth-order valence-corrected chi connectivity index (χ4v) is 2.92. The summed E-state index contributed by atoms with van der Waals surface area (Å²) in [4.78, 5) is 0.612. The average molecular weight is 265 g/mol. The molecule has 9 heteroatoms. The van der Waals surface area contributed by atoms with Crippen LogP contribution in [0.25, 0.3) is 0 Å². The molecule has 0 saturated heterocycles. The van der Waals surface area contributed by atoms with Crippen LogP contribution in [0.1, 0.15) is 10.9 Å². The van der Waals surface area contributed by atoms with E-state index >= 15 is 0 Å². The molecule has 0 radical (unpaired) electrons. The van der Waals surface area contributed by atoms with Crippen LogP contribution in [0.2, 0.25) is 0 Å². The first-order valence-electron chi connectivity index (χ1n) is 4.34. The molecule has 1 aromatic heterocycles. The fourth-order valence-electron chi connectivity index (χ4n) is 1.11. The minimum atomic E-state index is -3.14. The van der Waals surface area contributed by atoms with Gasteiger partial charge in [0.1, 0.15) is 9.84 Å². The Balaban J connectivity index is 2.70. The topological polar surface area (TPSA) is 110 Å². The van der Waals surface area contributed by atoms with Crippen LogP contribution in [0, 0.1) is 0 Å². The third-order valence-corrected chi connectivity index (χ3v) is 3.74. The number of hydrogen-bond donors (Lipinski definition) is 3. The van der Waals surface area contributed by atoms with E-state index in [0.29, 0.717) is 4.88 Å². The lowest BCUT2D eigenvalue weighted by atomic mass is 10.3. The Bertz CT molecular complexity index is 443. The van der Waals surface area contributed by atoms with Gasteiger partial charge in [0.15, 0.2) is 5.06 Å². The van der Waals surface area contributed by atoms with E-state index in [2.05, 4.69) is 4.65 Å². The summed E-state index contributed by atoms with van der Waals surface area (Å²) in [6.07, 6.45) is 1.11. The van der Waals surface area contributed by atoms with Gasteiger partial charge in [-0.15, -0.1) is 11.3 Å². The highest BCUT2D eigenvalue weighted by Crippen LogP contribution is 2.28. The maximum absolute atomic E-state index is 11.0. The molecule has 0 aliphatic carbocycles. The number of nitrogens with two attached hydrogens (primary N) is 1. The molecule has 0 fully saturated rings. The third-order valence-electron chi connectivity index (χ3n) is 1.67. The van der Waals surface area contributed by atoms with Crippen molar-refractivity contribution in [1.29, 1.82) is 0 Å². The molecule has 0 aliphatic rings. The predicted molar refractivity (Wildman–Crippen MR) is 61.8 cm³/mol. The Hall–Kier alpha value is -0.605. The molecule has 4 N–H and O–H groups in total. The van der Waals surface area contributed by atoms with Gasteiger partial charge in [0.2, 0.25) is 0 Å². The van der Waals surface area contributed by atoms with E-state index in [1.54, 1.807) is 6.07 Å². The Morgan fingerprint density at radius 1 is 1.56 bits per heavy atom. The summed E-state index contributed by atoms with van der Waals surface area (Å²) in [7, 11) is -5.03. The van der Waals surface area contributed by atoms with Crippen LogP contribution in [0.15, 0.2) is 12.1 Å². The molecule has 0 amide bonds. The minimum Gasteiger partial charge on any atom is -0.504 e. The SMILES string of the molecule is CS(=O)(=O)CC(N)c1ccc(OB(O)O)s1. The van der Waals surface area contributed by atoms with Gasteiger partial charge in [0.05, 0.1) is 11.8 Å².